The van der Waals surface area contributed by atoms with Crippen LogP contribution in [0.3, 0.4) is 0 Å². The summed E-state index contributed by atoms with van der Waals surface area (Å²) < 4.78 is 47.5. The van der Waals surface area contributed by atoms with Crippen LogP contribution in [0.15, 0.2) is 5.38 Å². The van der Waals surface area contributed by atoms with Crippen LogP contribution in [0.25, 0.3) is 0 Å². The molecule has 0 amide bonds. The predicted octanol–water partition coefficient (Wildman–Crippen LogP) is 2.54. The number of anilines is 1. The van der Waals surface area contributed by atoms with Crippen molar-refractivity contribution in [2.45, 2.75) is 6.18 Å². The molecular formula is C6H6F4N2S. The highest BCUT2D eigenvalue weighted by molar-refractivity contribution is 7.13. The molecule has 0 bridgehead atoms. The summed E-state index contributed by atoms with van der Waals surface area (Å²) in [6.45, 7) is -0.661. The molecule has 7 heteroatoms. The van der Waals surface area contributed by atoms with Gasteiger partial charge in [0.25, 0.3) is 0 Å². The largest absolute Gasteiger partial charge is 0.434 e. The number of alkyl halides is 4. The lowest BCUT2D eigenvalue weighted by molar-refractivity contribution is -0.140. The summed E-state index contributed by atoms with van der Waals surface area (Å²) in [5.74, 6) is 0. The van der Waals surface area contributed by atoms with E-state index in [9.17, 15) is 17.6 Å². The highest BCUT2D eigenvalue weighted by Gasteiger charge is 2.33. The van der Waals surface area contributed by atoms with Crippen LogP contribution in [0.1, 0.15) is 5.69 Å². The van der Waals surface area contributed by atoms with Crippen molar-refractivity contribution in [3.05, 3.63) is 11.1 Å². The zero-order valence-electron chi connectivity index (χ0n) is 6.36. The Kier molecular flexibility index (Phi) is 3.07. The average molecular weight is 214 g/mol. The SMILES string of the molecule is FCCNc1nc(C(F)(F)F)cs1. The Morgan fingerprint density at radius 1 is 1.46 bits per heavy atom. The summed E-state index contributed by atoms with van der Waals surface area (Å²) in [7, 11) is 0. The number of nitrogens with zero attached hydrogens (tertiary/aromatic N) is 1. The minimum absolute atomic E-state index is 0.0230. The van der Waals surface area contributed by atoms with Gasteiger partial charge in [0, 0.05) is 11.9 Å². The molecule has 0 aliphatic rings. The molecule has 1 heterocycles. The van der Waals surface area contributed by atoms with E-state index in [1.807, 2.05) is 0 Å². The molecule has 0 aromatic carbocycles. The van der Waals surface area contributed by atoms with Crippen molar-refractivity contribution < 1.29 is 17.6 Å². The Labute approximate surface area is 75.6 Å². The molecule has 0 aliphatic carbocycles. The summed E-state index contributed by atoms with van der Waals surface area (Å²) in [5, 5.41) is 3.40. The van der Waals surface area contributed by atoms with Gasteiger partial charge in [-0.2, -0.15) is 13.2 Å². The van der Waals surface area contributed by atoms with Crippen molar-refractivity contribution in [1.29, 1.82) is 0 Å². The Morgan fingerprint density at radius 2 is 2.15 bits per heavy atom. The monoisotopic (exact) mass is 214 g/mol. The molecule has 74 valence electrons. The Balaban J connectivity index is 2.64. The van der Waals surface area contributed by atoms with E-state index in [0.717, 1.165) is 16.7 Å². The quantitative estimate of drug-likeness (QED) is 0.782. The van der Waals surface area contributed by atoms with Gasteiger partial charge >= 0.3 is 6.18 Å². The molecule has 0 aliphatic heterocycles. The van der Waals surface area contributed by atoms with Gasteiger partial charge in [0.05, 0.1) is 0 Å². The second-order valence-electron chi connectivity index (χ2n) is 2.15. The van der Waals surface area contributed by atoms with Crippen molar-refractivity contribution in [3.63, 3.8) is 0 Å². The van der Waals surface area contributed by atoms with Crippen molar-refractivity contribution in [2.75, 3.05) is 18.5 Å². The van der Waals surface area contributed by atoms with Gasteiger partial charge in [-0.3, -0.25) is 0 Å². The van der Waals surface area contributed by atoms with Crippen LogP contribution in [0.5, 0.6) is 0 Å². The molecular weight excluding hydrogens is 208 g/mol. The summed E-state index contributed by atoms with van der Waals surface area (Å²) >= 11 is 0.807. The van der Waals surface area contributed by atoms with Gasteiger partial charge in [-0.05, 0) is 0 Å². The zero-order valence-corrected chi connectivity index (χ0v) is 7.18. The number of aromatic nitrogens is 1. The maximum Gasteiger partial charge on any atom is 0.434 e. The first-order valence-electron chi connectivity index (χ1n) is 3.36. The summed E-state index contributed by atoms with van der Waals surface area (Å²) in [5.41, 5.74) is -0.946. The molecule has 0 spiro atoms. The van der Waals surface area contributed by atoms with E-state index in [4.69, 9.17) is 0 Å². The summed E-state index contributed by atoms with van der Waals surface area (Å²) in [4.78, 5) is 3.23. The molecule has 0 saturated heterocycles. The molecule has 0 saturated carbocycles. The van der Waals surface area contributed by atoms with Crippen molar-refractivity contribution in [1.82, 2.24) is 4.98 Å². The highest BCUT2D eigenvalue weighted by Crippen LogP contribution is 2.31. The van der Waals surface area contributed by atoms with Gasteiger partial charge in [-0.15, -0.1) is 11.3 Å². The molecule has 1 N–H and O–H groups in total. The topological polar surface area (TPSA) is 24.9 Å². The lowest BCUT2D eigenvalue weighted by atomic mass is 10.5. The van der Waals surface area contributed by atoms with E-state index in [0.29, 0.717) is 0 Å². The Bertz CT molecular complexity index is 270. The molecule has 0 unspecified atom stereocenters. The Hall–Kier alpha value is -0.850. The van der Waals surface area contributed by atoms with Crippen molar-refractivity contribution in [2.24, 2.45) is 0 Å². The molecule has 1 aromatic rings. The summed E-state index contributed by atoms with van der Waals surface area (Å²) in [6, 6.07) is 0. The van der Waals surface area contributed by atoms with Crippen LogP contribution >= 0.6 is 11.3 Å². The fraction of sp³-hybridized carbons (Fsp3) is 0.500. The average Bonchev–Trinajstić information content (AvgIpc) is 2.47. The Morgan fingerprint density at radius 3 is 2.62 bits per heavy atom. The maximum absolute atomic E-state index is 12.0. The number of thiazole rings is 1. The van der Waals surface area contributed by atoms with E-state index in [1.54, 1.807) is 0 Å². The molecule has 0 fully saturated rings. The summed E-state index contributed by atoms with van der Waals surface area (Å²) in [6.07, 6.45) is -4.42. The normalized spacial score (nSPS) is 11.7. The standard InChI is InChI=1S/C6H6F4N2S/c7-1-2-11-5-12-4(3-13-5)6(8,9)10/h3H,1-2H2,(H,11,12). The van der Waals surface area contributed by atoms with Gasteiger partial charge in [0.15, 0.2) is 10.8 Å². The third kappa shape index (κ3) is 2.83. The lowest BCUT2D eigenvalue weighted by Gasteiger charge is -2.00. The predicted molar refractivity (Wildman–Crippen MR) is 41.6 cm³/mol. The van der Waals surface area contributed by atoms with Gasteiger partial charge in [0.2, 0.25) is 0 Å². The third-order valence-corrected chi connectivity index (χ3v) is 1.97. The number of halogens is 4. The van der Waals surface area contributed by atoms with Gasteiger partial charge in [-0.25, -0.2) is 9.37 Å². The van der Waals surface area contributed by atoms with Crippen LogP contribution < -0.4 is 5.32 Å². The van der Waals surface area contributed by atoms with Crippen LogP contribution in [-0.4, -0.2) is 18.2 Å². The number of rotatable bonds is 3. The molecule has 13 heavy (non-hydrogen) atoms. The van der Waals surface area contributed by atoms with E-state index in [1.165, 1.54) is 0 Å². The van der Waals surface area contributed by atoms with E-state index in [-0.39, 0.29) is 11.7 Å². The van der Waals surface area contributed by atoms with Crippen LogP contribution in [0.4, 0.5) is 22.7 Å². The van der Waals surface area contributed by atoms with E-state index < -0.39 is 18.5 Å². The first-order valence-corrected chi connectivity index (χ1v) is 4.24. The maximum atomic E-state index is 12.0. The van der Waals surface area contributed by atoms with E-state index in [2.05, 4.69) is 10.3 Å². The highest BCUT2D eigenvalue weighted by atomic mass is 32.1. The second-order valence-corrected chi connectivity index (χ2v) is 3.01. The molecule has 1 aromatic heterocycles. The number of hydrogen-bond donors (Lipinski definition) is 1. The minimum Gasteiger partial charge on any atom is -0.359 e. The minimum atomic E-state index is -4.42. The van der Waals surface area contributed by atoms with Crippen LogP contribution in [-0.2, 0) is 6.18 Å². The van der Waals surface area contributed by atoms with Gasteiger partial charge < -0.3 is 5.32 Å². The van der Waals surface area contributed by atoms with Crippen LogP contribution in [0.2, 0.25) is 0 Å². The van der Waals surface area contributed by atoms with Crippen molar-refractivity contribution >= 4 is 16.5 Å². The number of nitrogens with one attached hydrogen (secondary N) is 1. The van der Waals surface area contributed by atoms with E-state index >= 15 is 0 Å². The lowest BCUT2D eigenvalue weighted by Crippen LogP contribution is -2.07. The first-order chi connectivity index (χ1) is 6.04. The molecule has 1 rings (SSSR count). The fourth-order valence-corrected chi connectivity index (χ4v) is 1.39. The smallest absolute Gasteiger partial charge is 0.359 e. The van der Waals surface area contributed by atoms with Crippen LogP contribution in [0, 0.1) is 0 Å². The first kappa shape index (κ1) is 10.2. The van der Waals surface area contributed by atoms with Crippen molar-refractivity contribution in [3.8, 4) is 0 Å². The molecule has 0 atom stereocenters. The van der Waals surface area contributed by atoms with Gasteiger partial charge in [-0.1, -0.05) is 0 Å². The molecule has 2 nitrogen and oxygen atoms in total. The second kappa shape index (κ2) is 3.91. The zero-order chi connectivity index (χ0) is 9.90. The number of hydrogen-bond acceptors (Lipinski definition) is 3. The molecule has 0 radical (unpaired) electrons. The third-order valence-electron chi connectivity index (χ3n) is 1.17. The van der Waals surface area contributed by atoms with Gasteiger partial charge in [0.1, 0.15) is 6.67 Å². The fourth-order valence-electron chi connectivity index (χ4n) is 0.639.